The topological polar surface area (TPSA) is 43.8 Å². The third kappa shape index (κ3) is 1.27. The third-order valence-electron chi connectivity index (χ3n) is 3.23. The molecule has 0 atom stereocenters. The molecule has 0 aliphatic heterocycles. The molecule has 1 aliphatic carbocycles. The monoisotopic (exact) mass is 179 g/mol. The molecule has 0 radical (unpaired) electrons. The molecular formula is C10H17N3. The van der Waals surface area contributed by atoms with E-state index in [9.17, 15) is 0 Å². The minimum Gasteiger partial charge on any atom is -0.338 e. The molecule has 1 aliphatic rings. The van der Waals surface area contributed by atoms with Gasteiger partial charge >= 0.3 is 0 Å². The number of imidazole rings is 1. The Kier molecular flexibility index (Phi) is 2.12. The minimum atomic E-state index is 0.312. The lowest BCUT2D eigenvalue weighted by molar-refractivity contribution is 0.210. The maximum absolute atomic E-state index is 5.64. The second-order valence-electron chi connectivity index (χ2n) is 4.03. The fourth-order valence-corrected chi connectivity index (χ4v) is 2.34. The summed E-state index contributed by atoms with van der Waals surface area (Å²) in [7, 11) is 2.07. The standard InChI is InChI=1S/C10H17N3/c1-13-8-7-12-9(13)10(5-6-11)3-2-4-10/h7-8H,2-6,11H2,1H3. The van der Waals surface area contributed by atoms with E-state index in [2.05, 4.69) is 16.6 Å². The van der Waals surface area contributed by atoms with Crippen molar-refractivity contribution >= 4 is 0 Å². The Morgan fingerprint density at radius 3 is 2.77 bits per heavy atom. The zero-order valence-corrected chi connectivity index (χ0v) is 8.16. The van der Waals surface area contributed by atoms with Gasteiger partial charge < -0.3 is 10.3 Å². The molecule has 0 bridgehead atoms. The van der Waals surface area contributed by atoms with Crippen LogP contribution in [0.25, 0.3) is 0 Å². The van der Waals surface area contributed by atoms with Crippen molar-refractivity contribution in [3.63, 3.8) is 0 Å². The summed E-state index contributed by atoms with van der Waals surface area (Å²) in [6, 6.07) is 0. The van der Waals surface area contributed by atoms with Crippen LogP contribution in [0.15, 0.2) is 12.4 Å². The van der Waals surface area contributed by atoms with Gasteiger partial charge in [0.2, 0.25) is 0 Å². The molecule has 1 fully saturated rings. The van der Waals surface area contributed by atoms with Crippen LogP contribution in [-0.2, 0) is 12.5 Å². The second-order valence-corrected chi connectivity index (χ2v) is 4.03. The molecule has 1 heterocycles. The molecule has 0 spiro atoms. The fraction of sp³-hybridized carbons (Fsp3) is 0.700. The van der Waals surface area contributed by atoms with Gasteiger partial charge in [0.25, 0.3) is 0 Å². The average Bonchev–Trinajstić information content (AvgIpc) is 2.44. The SMILES string of the molecule is Cn1ccnc1C1(CCN)CCC1. The van der Waals surface area contributed by atoms with Gasteiger partial charge in [0.15, 0.2) is 0 Å². The van der Waals surface area contributed by atoms with Gasteiger partial charge in [-0.1, -0.05) is 6.42 Å². The van der Waals surface area contributed by atoms with Gasteiger partial charge in [0, 0.05) is 24.9 Å². The van der Waals surface area contributed by atoms with Crippen LogP contribution in [0.1, 0.15) is 31.5 Å². The summed E-state index contributed by atoms with van der Waals surface area (Å²) in [4.78, 5) is 4.44. The quantitative estimate of drug-likeness (QED) is 0.757. The lowest BCUT2D eigenvalue weighted by Crippen LogP contribution is -2.38. The van der Waals surface area contributed by atoms with Gasteiger partial charge in [-0.25, -0.2) is 4.98 Å². The molecule has 72 valence electrons. The zero-order valence-electron chi connectivity index (χ0n) is 8.16. The van der Waals surface area contributed by atoms with Crippen molar-refractivity contribution in [3.05, 3.63) is 18.2 Å². The van der Waals surface area contributed by atoms with Crippen molar-refractivity contribution in [2.45, 2.75) is 31.1 Å². The summed E-state index contributed by atoms with van der Waals surface area (Å²) in [5.74, 6) is 1.23. The van der Waals surface area contributed by atoms with Gasteiger partial charge in [-0.15, -0.1) is 0 Å². The molecule has 3 nitrogen and oxygen atoms in total. The minimum absolute atomic E-state index is 0.312. The number of nitrogens with zero attached hydrogens (tertiary/aromatic N) is 2. The molecule has 0 amide bonds. The van der Waals surface area contributed by atoms with Gasteiger partial charge in [-0.05, 0) is 25.8 Å². The Labute approximate surface area is 79.0 Å². The van der Waals surface area contributed by atoms with Crippen LogP contribution in [-0.4, -0.2) is 16.1 Å². The van der Waals surface area contributed by atoms with E-state index in [1.807, 2.05) is 12.4 Å². The van der Waals surface area contributed by atoms with Crippen LogP contribution >= 0.6 is 0 Å². The Morgan fingerprint density at radius 1 is 1.62 bits per heavy atom. The molecule has 2 N–H and O–H groups in total. The zero-order chi connectivity index (χ0) is 9.31. The maximum Gasteiger partial charge on any atom is 0.114 e. The van der Waals surface area contributed by atoms with Crippen molar-refractivity contribution in [1.82, 2.24) is 9.55 Å². The molecule has 13 heavy (non-hydrogen) atoms. The molecular weight excluding hydrogens is 162 g/mol. The molecule has 0 saturated heterocycles. The maximum atomic E-state index is 5.64. The van der Waals surface area contributed by atoms with E-state index < -0.39 is 0 Å². The molecule has 1 aromatic heterocycles. The first kappa shape index (κ1) is 8.75. The van der Waals surface area contributed by atoms with E-state index in [0.717, 1.165) is 13.0 Å². The molecule has 3 heteroatoms. The third-order valence-corrected chi connectivity index (χ3v) is 3.23. The van der Waals surface area contributed by atoms with Gasteiger partial charge in [-0.2, -0.15) is 0 Å². The average molecular weight is 179 g/mol. The van der Waals surface area contributed by atoms with Crippen LogP contribution in [0.5, 0.6) is 0 Å². The summed E-state index contributed by atoms with van der Waals surface area (Å²) in [5.41, 5.74) is 5.96. The van der Waals surface area contributed by atoms with Gasteiger partial charge in [-0.3, -0.25) is 0 Å². The van der Waals surface area contributed by atoms with Crippen LogP contribution in [0.4, 0.5) is 0 Å². The Bertz CT molecular complexity index is 286. The van der Waals surface area contributed by atoms with Crippen LogP contribution in [0, 0.1) is 0 Å². The second kappa shape index (κ2) is 3.14. The molecule has 0 aromatic carbocycles. The lowest BCUT2D eigenvalue weighted by Gasteiger charge is -2.41. The highest BCUT2D eigenvalue weighted by atomic mass is 15.1. The predicted octanol–water partition coefficient (Wildman–Crippen LogP) is 1.19. The summed E-state index contributed by atoms with van der Waals surface area (Å²) in [6.45, 7) is 0.771. The fourth-order valence-electron chi connectivity index (χ4n) is 2.34. The van der Waals surface area contributed by atoms with Crippen molar-refractivity contribution < 1.29 is 0 Å². The first-order valence-corrected chi connectivity index (χ1v) is 4.96. The smallest absolute Gasteiger partial charge is 0.114 e. The number of aromatic nitrogens is 2. The van der Waals surface area contributed by atoms with E-state index in [0.29, 0.717) is 5.41 Å². The Morgan fingerprint density at radius 2 is 2.38 bits per heavy atom. The van der Waals surface area contributed by atoms with Crippen molar-refractivity contribution in [2.75, 3.05) is 6.54 Å². The largest absolute Gasteiger partial charge is 0.338 e. The highest BCUT2D eigenvalue weighted by molar-refractivity contribution is 5.14. The van der Waals surface area contributed by atoms with Gasteiger partial charge in [0.05, 0.1) is 0 Å². The number of rotatable bonds is 3. The number of aryl methyl sites for hydroxylation is 1. The van der Waals surface area contributed by atoms with E-state index >= 15 is 0 Å². The number of hydrogen-bond donors (Lipinski definition) is 1. The van der Waals surface area contributed by atoms with Gasteiger partial charge in [0.1, 0.15) is 5.82 Å². The molecule has 0 unspecified atom stereocenters. The highest BCUT2D eigenvalue weighted by Crippen LogP contribution is 2.45. The van der Waals surface area contributed by atoms with Crippen LogP contribution < -0.4 is 5.73 Å². The van der Waals surface area contributed by atoms with E-state index in [1.165, 1.54) is 25.1 Å². The Balaban J connectivity index is 2.26. The van der Waals surface area contributed by atoms with Crippen LogP contribution in [0.2, 0.25) is 0 Å². The van der Waals surface area contributed by atoms with E-state index in [-0.39, 0.29) is 0 Å². The first-order chi connectivity index (χ1) is 6.28. The summed E-state index contributed by atoms with van der Waals surface area (Å²) in [5, 5.41) is 0. The first-order valence-electron chi connectivity index (χ1n) is 4.96. The normalized spacial score (nSPS) is 19.8. The van der Waals surface area contributed by atoms with Crippen molar-refractivity contribution in [3.8, 4) is 0 Å². The Hall–Kier alpha value is -0.830. The van der Waals surface area contributed by atoms with Crippen LogP contribution in [0.3, 0.4) is 0 Å². The molecule has 2 rings (SSSR count). The lowest BCUT2D eigenvalue weighted by atomic mass is 9.66. The summed E-state index contributed by atoms with van der Waals surface area (Å²) in [6.07, 6.45) is 8.83. The van der Waals surface area contributed by atoms with Crippen molar-refractivity contribution in [1.29, 1.82) is 0 Å². The summed E-state index contributed by atoms with van der Waals surface area (Å²) >= 11 is 0. The highest BCUT2D eigenvalue weighted by Gasteiger charge is 2.40. The number of hydrogen-bond acceptors (Lipinski definition) is 2. The van der Waals surface area contributed by atoms with E-state index in [1.54, 1.807) is 0 Å². The molecule has 1 aromatic rings. The van der Waals surface area contributed by atoms with E-state index in [4.69, 9.17) is 5.73 Å². The predicted molar refractivity (Wildman–Crippen MR) is 52.4 cm³/mol. The summed E-state index contributed by atoms with van der Waals surface area (Å²) < 4.78 is 2.13. The number of nitrogens with two attached hydrogens (primary N) is 1. The van der Waals surface area contributed by atoms with Crippen molar-refractivity contribution in [2.24, 2.45) is 12.8 Å². The molecule has 1 saturated carbocycles.